The Morgan fingerprint density at radius 3 is 2.47 bits per heavy atom. The summed E-state index contributed by atoms with van der Waals surface area (Å²) < 4.78 is 5.50. The number of benzene rings is 1. The number of nitrogens with two attached hydrogens (primary N) is 2. The van der Waals surface area contributed by atoms with Crippen molar-refractivity contribution in [1.82, 2.24) is 24.9 Å². The Hall–Kier alpha value is -3.11. The third-order valence-corrected chi connectivity index (χ3v) is 6.94. The molecule has 0 saturated carbocycles. The molecule has 10 heteroatoms. The van der Waals surface area contributed by atoms with E-state index in [4.69, 9.17) is 16.2 Å². The zero-order valence-electron chi connectivity index (χ0n) is 21.7. The molecule has 2 fully saturated rings. The number of nitrogens with zero attached hydrogens (tertiary/aromatic N) is 4. The minimum atomic E-state index is -0.463. The van der Waals surface area contributed by atoms with Gasteiger partial charge in [-0.3, -0.25) is 9.80 Å². The number of hydrogen-bond acceptors (Lipinski definition) is 9. The van der Waals surface area contributed by atoms with E-state index in [1.165, 1.54) is 0 Å². The lowest BCUT2D eigenvalue weighted by atomic mass is 10.1. The third-order valence-electron chi connectivity index (χ3n) is 6.94. The van der Waals surface area contributed by atoms with Crippen LogP contribution in [0.5, 0.6) is 5.75 Å². The number of nitrogens with one attached hydrogen (secondary N) is 1. The lowest BCUT2D eigenvalue weighted by Gasteiger charge is -2.46. The molecule has 0 bridgehead atoms. The topological polar surface area (TPSA) is 124 Å². The summed E-state index contributed by atoms with van der Waals surface area (Å²) in [5, 5.41) is 13.5. The number of rotatable bonds is 5. The second-order valence-corrected chi connectivity index (χ2v) is 10.8. The number of carbonyl (C=O) groups excluding carboxylic acids is 1. The summed E-state index contributed by atoms with van der Waals surface area (Å²) in [6.07, 6.45) is 1.65. The van der Waals surface area contributed by atoms with Gasteiger partial charge in [0.2, 0.25) is 0 Å². The van der Waals surface area contributed by atoms with E-state index in [2.05, 4.69) is 20.0 Å². The minimum absolute atomic E-state index is 0.155. The third kappa shape index (κ3) is 6.36. The summed E-state index contributed by atoms with van der Waals surface area (Å²) in [5.41, 5.74) is 14.2. The first-order valence-electron chi connectivity index (χ1n) is 12.8. The fourth-order valence-electron chi connectivity index (χ4n) is 4.95. The number of carbonyl (C=O) groups is 1. The van der Waals surface area contributed by atoms with Crippen molar-refractivity contribution in [2.45, 2.75) is 32.4 Å². The molecular weight excluding hydrogens is 458 g/mol. The van der Waals surface area contributed by atoms with Crippen molar-refractivity contribution in [3.8, 4) is 5.75 Å². The predicted octanol–water partition coefficient (Wildman–Crippen LogP) is 0.962. The molecule has 1 aromatic carbocycles. The molecule has 2 saturated heterocycles. The number of allylic oxidation sites excluding steroid dienone is 1. The Labute approximate surface area is 214 Å². The Kier molecular flexibility index (Phi) is 7.85. The molecular formula is C26H41N7O3. The quantitative estimate of drug-likeness (QED) is 0.469. The van der Waals surface area contributed by atoms with Crippen LogP contribution in [0, 0.1) is 0 Å². The van der Waals surface area contributed by atoms with Gasteiger partial charge >= 0.3 is 6.09 Å². The zero-order chi connectivity index (χ0) is 25.9. The highest BCUT2D eigenvalue weighted by Gasteiger charge is 2.32. The monoisotopic (exact) mass is 499 g/mol. The van der Waals surface area contributed by atoms with Gasteiger partial charge in [0, 0.05) is 76.7 Å². The number of fused-ring (bicyclic) bond motifs is 1. The van der Waals surface area contributed by atoms with Gasteiger partial charge in [-0.15, -0.1) is 0 Å². The van der Waals surface area contributed by atoms with Gasteiger partial charge in [-0.25, -0.2) is 4.79 Å². The SMILES string of the molecule is CC(C)(C)OC(=O)N1CCN(CCN2CCN3C(/C=C(\N)c4ccccc4O)=C(N)NCC3C2)CC1. The number of phenolic OH excluding ortho intramolecular Hbond substituents is 1. The van der Waals surface area contributed by atoms with Crippen LogP contribution in [0.15, 0.2) is 41.9 Å². The second-order valence-electron chi connectivity index (χ2n) is 10.8. The molecule has 0 spiro atoms. The van der Waals surface area contributed by atoms with E-state index in [1.807, 2.05) is 32.9 Å². The highest BCUT2D eigenvalue weighted by molar-refractivity contribution is 5.70. The number of ether oxygens (including phenoxy) is 1. The van der Waals surface area contributed by atoms with Crippen molar-refractivity contribution in [1.29, 1.82) is 0 Å². The minimum Gasteiger partial charge on any atom is -0.507 e. The van der Waals surface area contributed by atoms with Crippen LogP contribution in [0.3, 0.4) is 0 Å². The number of piperazine rings is 2. The van der Waals surface area contributed by atoms with Gasteiger partial charge in [-0.2, -0.15) is 0 Å². The van der Waals surface area contributed by atoms with Crippen LogP contribution in [0.1, 0.15) is 26.3 Å². The Balaban J connectivity index is 1.28. The van der Waals surface area contributed by atoms with Crippen molar-refractivity contribution in [3.05, 3.63) is 47.4 Å². The molecule has 3 aliphatic rings. The molecule has 0 radical (unpaired) electrons. The molecule has 198 valence electrons. The first-order chi connectivity index (χ1) is 17.1. The highest BCUT2D eigenvalue weighted by Crippen LogP contribution is 2.26. The first kappa shape index (κ1) is 26.0. The fraction of sp³-hybridized carbons (Fsp3) is 0.577. The maximum absolute atomic E-state index is 12.3. The molecule has 0 aromatic heterocycles. The standard InChI is InChI=1S/C26H41N7O3/c1-26(2,3)36-25(35)32-13-10-30(11-14-32)8-9-31-12-15-33-19(18-31)17-29-24(28)22(33)16-21(27)20-6-4-5-7-23(20)34/h4-7,16,19,29,34H,8-15,17-18,27-28H2,1-3H3/b21-16-. The maximum Gasteiger partial charge on any atom is 0.410 e. The van der Waals surface area contributed by atoms with Crippen molar-refractivity contribution in [2.24, 2.45) is 11.5 Å². The van der Waals surface area contributed by atoms with Gasteiger partial charge in [0.25, 0.3) is 0 Å². The first-order valence-corrected chi connectivity index (χ1v) is 12.8. The number of phenols is 1. The Morgan fingerprint density at radius 1 is 1.11 bits per heavy atom. The van der Waals surface area contributed by atoms with Gasteiger partial charge in [0.15, 0.2) is 0 Å². The normalized spacial score (nSPS) is 22.3. The molecule has 3 heterocycles. The fourth-order valence-corrected chi connectivity index (χ4v) is 4.95. The van der Waals surface area contributed by atoms with Crippen LogP contribution in [-0.2, 0) is 4.74 Å². The molecule has 1 amide bonds. The summed E-state index contributed by atoms with van der Waals surface area (Å²) in [7, 11) is 0. The van der Waals surface area contributed by atoms with Crippen molar-refractivity contribution in [2.75, 3.05) is 65.4 Å². The summed E-state index contributed by atoms with van der Waals surface area (Å²) >= 11 is 0. The second kappa shape index (κ2) is 10.9. The van der Waals surface area contributed by atoms with Gasteiger partial charge in [0.1, 0.15) is 17.2 Å². The van der Waals surface area contributed by atoms with Gasteiger partial charge < -0.3 is 36.4 Å². The van der Waals surface area contributed by atoms with Crippen LogP contribution in [0.2, 0.25) is 0 Å². The van der Waals surface area contributed by atoms with E-state index in [1.54, 1.807) is 23.1 Å². The molecule has 1 unspecified atom stereocenters. The van der Waals surface area contributed by atoms with E-state index in [0.29, 0.717) is 36.2 Å². The lowest BCUT2D eigenvalue weighted by molar-refractivity contribution is 0.0129. The smallest absolute Gasteiger partial charge is 0.410 e. The van der Waals surface area contributed by atoms with Gasteiger partial charge in [-0.1, -0.05) is 12.1 Å². The van der Waals surface area contributed by atoms with E-state index >= 15 is 0 Å². The van der Waals surface area contributed by atoms with Gasteiger partial charge in [0.05, 0.1) is 11.7 Å². The number of aromatic hydroxyl groups is 1. The van der Waals surface area contributed by atoms with Crippen LogP contribution in [-0.4, -0.2) is 108 Å². The van der Waals surface area contributed by atoms with Crippen LogP contribution < -0.4 is 16.8 Å². The molecule has 1 atom stereocenters. The molecule has 0 aliphatic carbocycles. The summed E-state index contributed by atoms with van der Waals surface area (Å²) in [6, 6.07) is 7.35. The van der Waals surface area contributed by atoms with Crippen LogP contribution in [0.4, 0.5) is 4.79 Å². The largest absolute Gasteiger partial charge is 0.507 e. The van der Waals surface area contributed by atoms with Crippen molar-refractivity contribution >= 4 is 11.8 Å². The molecule has 6 N–H and O–H groups in total. The number of hydrogen-bond donors (Lipinski definition) is 4. The van der Waals surface area contributed by atoms with Gasteiger partial charge in [-0.05, 0) is 39.0 Å². The highest BCUT2D eigenvalue weighted by atomic mass is 16.6. The molecule has 1 aromatic rings. The van der Waals surface area contributed by atoms with E-state index in [-0.39, 0.29) is 11.8 Å². The van der Waals surface area contributed by atoms with Crippen molar-refractivity contribution < 1.29 is 14.6 Å². The predicted molar refractivity (Wildman–Crippen MR) is 141 cm³/mol. The molecule has 3 aliphatic heterocycles. The van der Waals surface area contributed by atoms with E-state index in [0.717, 1.165) is 58.1 Å². The zero-order valence-corrected chi connectivity index (χ0v) is 21.7. The average Bonchev–Trinajstić information content (AvgIpc) is 2.84. The van der Waals surface area contributed by atoms with Crippen LogP contribution in [0.25, 0.3) is 5.70 Å². The average molecular weight is 500 g/mol. The lowest BCUT2D eigenvalue weighted by Crippen LogP contribution is -2.60. The molecule has 4 rings (SSSR count). The Morgan fingerprint density at radius 2 is 1.78 bits per heavy atom. The summed E-state index contributed by atoms with van der Waals surface area (Å²) in [4.78, 5) is 21.4. The Bertz CT molecular complexity index is 995. The molecule has 36 heavy (non-hydrogen) atoms. The van der Waals surface area contributed by atoms with E-state index in [9.17, 15) is 9.90 Å². The van der Waals surface area contributed by atoms with Crippen molar-refractivity contribution in [3.63, 3.8) is 0 Å². The van der Waals surface area contributed by atoms with Crippen LogP contribution >= 0.6 is 0 Å². The summed E-state index contributed by atoms with van der Waals surface area (Å²) in [6.45, 7) is 14.3. The van der Waals surface area contributed by atoms with E-state index < -0.39 is 5.60 Å². The molecule has 10 nitrogen and oxygen atoms in total. The summed E-state index contributed by atoms with van der Waals surface area (Å²) in [5.74, 6) is 0.767. The maximum atomic E-state index is 12.3. The number of para-hydroxylation sites is 1. The number of amides is 1.